The Hall–Kier alpha value is -1.66. The van der Waals surface area contributed by atoms with Crippen molar-refractivity contribution in [3.63, 3.8) is 0 Å². The summed E-state index contributed by atoms with van der Waals surface area (Å²) in [5.41, 5.74) is 3.77. The van der Waals surface area contributed by atoms with Gasteiger partial charge in [0.15, 0.2) is 0 Å². The first-order chi connectivity index (χ1) is 13.3. The molecule has 144 valence electrons. The van der Waals surface area contributed by atoms with Crippen LogP contribution in [0.25, 0.3) is 0 Å². The van der Waals surface area contributed by atoms with Gasteiger partial charge < -0.3 is 14.5 Å². The van der Waals surface area contributed by atoms with Gasteiger partial charge in [0.1, 0.15) is 11.3 Å². The number of hydrogen-bond donors (Lipinski definition) is 0. The van der Waals surface area contributed by atoms with Gasteiger partial charge in [0, 0.05) is 24.5 Å². The Kier molecular flexibility index (Phi) is 4.56. The number of benzene rings is 1. The summed E-state index contributed by atoms with van der Waals surface area (Å²) in [5.74, 6) is 1.70. The Morgan fingerprint density at radius 2 is 1.96 bits per heavy atom. The second-order valence-corrected chi connectivity index (χ2v) is 9.34. The molecule has 0 amide bonds. The molecule has 0 unspecified atom stereocenters. The second kappa shape index (κ2) is 7.06. The summed E-state index contributed by atoms with van der Waals surface area (Å²) in [5, 5.41) is 9.31. The zero-order valence-corrected chi connectivity index (χ0v) is 16.8. The number of piperidine rings is 1. The van der Waals surface area contributed by atoms with Gasteiger partial charge in [-0.1, -0.05) is 29.5 Å². The lowest BCUT2D eigenvalue weighted by Crippen LogP contribution is -2.56. The SMILES string of the molecule is COc1ccccc1C1CCN([C@@H]2CCC3(C2)CN(c2nncs2)C3)CC1. The molecule has 2 aliphatic heterocycles. The van der Waals surface area contributed by atoms with E-state index >= 15 is 0 Å². The molecular weight excluding hydrogens is 356 g/mol. The molecule has 2 saturated heterocycles. The van der Waals surface area contributed by atoms with Crippen LogP contribution in [-0.2, 0) is 0 Å². The first kappa shape index (κ1) is 17.4. The smallest absolute Gasteiger partial charge is 0.208 e. The summed E-state index contributed by atoms with van der Waals surface area (Å²) in [6.07, 6.45) is 6.60. The van der Waals surface area contributed by atoms with Gasteiger partial charge in [-0.05, 0) is 62.7 Å². The fraction of sp³-hybridized carbons (Fsp3) is 0.619. The Morgan fingerprint density at radius 3 is 2.70 bits per heavy atom. The molecule has 0 radical (unpaired) electrons. The lowest BCUT2D eigenvalue weighted by atomic mass is 9.78. The maximum atomic E-state index is 5.59. The molecule has 3 aliphatic rings. The van der Waals surface area contributed by atoms with Gasteiger partial charge >= 0.3 is 0 Å². The van der Waals surface area contributed by atoms with Crippen LogP contribution in [0.2, 0.25) is 0 Å². The highest BCUT2D eigenvalue weighted by molar-refractivity contribution is 7.13. The molecule has 5 nitrogen and oxygen atoms in total. The van der Waals surface area contributed by atoms with Crippen molar-refractivity contribution in [3.05, 3.63) is 35.3 Å². The fourth-order valence-corrected chi connectivity index (χ4v) is 6.12. The zero-order chi connectivity index (χ0) is 18.3. The molecule has 1 aromatic heterocycles. The number of anilines is 1. The minimum Gasteiger partial charge on any atom is -0.496 e. The molecule has 0 bridgehead atoms. The summed E-state index contributed by atoms with van der Waals surface area (Å²) in [6, 6.07) is 9.34. The number of hydrogen-bond acceptors (Lipinski definition) is 6. The molecular formula is C21H28N4OS. The number of nitrogens with zero attached hydrogens (tertiary/aromatic N) is 4. The summed E-state index contributed by atoms with van der Waals surface area (Å²) >= 11 is 1.66. The van der Waals surface area contributed by atoms with Crippen molar-refractivity contribution in [2.24, 2.45) is 5.41 Å². The molecule has 6 heteroatoms. The highest BCUT2D eigenvalue weighted by Gasteiger charge is 2.50. The average molecular weight is 385 g/mol. The van der Waals surface area contributed by atoms with E-state index in [0.717, 1.165) is 16.9 Å². The van der Waals surface area contributed by atoms with E-state index in [-0.39, 0.29) is 0 Å². The number of ether oxygens (including phenoxy) is 1. The Morgan fingerprint density at radius 1 is 1.15 bits per heavy atom. The van der Waals surface area contributed by atoms with E-state index in [2.05, 4.69) is 44.3 Å². The van der Waals surface area contributed by atoms with Crippen molar-refractivity contribution in [1.29, 1.82) is 0 Å². The molecule has 5 rings (SSSR count). The highest BCUT2D eigenvalue weighted by Crippen LogP contribution is 2.49. The second-order valence-electron chi connectivity index (χ2n) is 8.53. The van der Waals surface area contributed by atoms with Crippen molar-refractivity contribution >= 4 is 16.5 Å². The number of para-hydroxylation sites is 1. The quantitative estimate of drug-likeness (QED) is 0.802. The van der Waals surface area contributed by atoms with Crippen molar-refractivity contribution in [2.75, 3.05) is 38.2 Å². The van der Waals surface area contributed by atoms with Crippen LogP contribution < -0.4 is 9.64 Å². The molecule has 1 spiro atoms. The maximum absolute atomic E-state index is 5.59. The monoisotopic (exact) mass is 384 g/mol. The van der Waals surface area contributed by atoms with Crippen molar-refractivity contribution in [1.82, 2.24) is 15.1 Å². The van der Waals surface area contributed by atoms with Crippen molar-refractivity contribution < 1.29 is 4.74 Å². The average Bonchev–Trinajstić information content (AvgIpc) is 3.37. The molecule has 0 N–H and O–H groups in total. The van der Waals surface area contributed by atoms with Crippen LogP contribution >= 0.6 is 11.3 Å². The lowest BCUT2D eigenvalue weighted by molar-refractivity contribution is 0.131. The van der Waals surface area contributed by atoms with Gasteiger partial charge in [-0.2, -0.15) is 0 Å². The van der Waals surface area contributed by atoms with Crippen LogP contribution in [0.5, 0.6) is 5.75 Å². The predicted molar refractivity (Wildman–Crippen MR) is 109 cm³/mol. The van der Waals surface area contributed by atoms with E-state index in [1.807, 2.05) is 5.51 Å². The van der Waals surface area contributed by atoms with Crippen LogP contribution in [-0.4, -0.2) is 54.4 Å². The van der Waals surface area contributed by atoms with E-state index in [1.54, 1.807) is 18.4 Å². The third kappa shape index (κ3) is 3.23. The van der Waals surface area contributed by atoms with Crippen molar-refractivity contribution in [3.8, 4) is 5.75 Å². The molecule has 1 aromatic carbocycles. The maximum Gasteiger partial charge on any atom is 0.208 e. The summed E-state index contributed by atoms with van der Waals surface area (Å²) in [7, 11) is 1.79. The number of aromatic nitrogens is 2. The first-order valence-corrected chi connectivity index (χ1v) is 11.0. The Labute approximate surface area is 165 Å². The summed E-state index contributed by atoms with van der Waals surface area (Å²) in [4.78, 5) is 5.18. The summed E-state index contributed by atoms with van der Waals surface area (Å²) < 4.78 is 5.59. The molecule has 2 aromatic rings. The third-order valence-corrected chi connectivity index (χ3v) is 7.72. The third-order valence-electron chi connectivity index (χ3n) is 6.97. The van der Waals surface area contributed by atoms with Crippen LogP contribution in [0.15, 0.2) is 29.8 Å². The van der Waals surface area contributed by atoms with E-state index < -0.39 is 0 Å². The van der Waals surface area contributed by atoms with Crippen LogP contribution in [0.1, 0.15) is 43.6 Å². The van der Waals surface area contributed by atoms with E-state index in [1.165, 1.54) is 63.8 Å². The highest BCUT2D eigenvalue weighted by atomic mass is 32.1. The van der Waals surface area contributed by atoms with E-state index in [4.69, 9.17) is 4.74 Å². The standard InChI is InChI=1S/C21H28N4OS/c1-26-19-5-3-2-4-18(19)16-7-10-24(11-8-16)17-6-9-21(12-17)13-25(14-21)20-23-22-15-27-20/h2-5,15-17H,6-14H2,1H3/t17-/m1/s1. The Balaban J connectivity index is 1.16. The van der Waals surface area contributed by atoms with Gasteiger partial charge in [-0.3, -0.25) is 0 Å². The van der Waals surface area contributed by atoms with Crippen LogP contribution in [0.4, 0.5) is 5.13 Å². The number of methoxy groups -OCH3 is 1. The van der Waals surface area contributed by atoms with Gasteiger partial charge in [0.2, 0.25) is 5.13 Å². The van der Waals surface area contributed by atoms with Crippen LogP contribution in [0.3, 0.4) is 0 Å². The minimum absolute atomic E-state index is 0.538. The normalized spacial score (nSPS) is 25.7. The molecule has 1 atom stereocenters. The van der Waals surface area contributed by atoms with Gasteiger partial charge in [0.05, 0.1) is 7.11 Å². The summed E-state index contributed by atoms with van der Waals surface area (Å²) in [6.45, 7) is 4.81. The molecule has 1 saturated carbocycles. The topological polar surface area (TPSA) is 41.5 Å². The predicted octanol–water partition coefficient (Wildman–Crippen LogP) is 3.79. The fourth-order valence-electron chi connectivity index (χ4n) is 5.56. The molecule has 1 aliphatic carbocycles. The molecule has 3 heterocycles. The number of rotatable bonds is 4. The first-order valence-electron chi connectivity index (χ1n) is 10.1. The van der Waals surface area contributed by atoms with E-state index in [0.29, 0.717) is 11.3 Å². The van der Waals surface area contributed by atoms with Gasteiger partial charge in [0.25, 0.3) is 0 Å². The largest absolute Gasteiger partial charge is 0.496 e. The lowest BCUT2D eigenvalue weighted by Gasteiger charge is -2.48. The molecule has 3 fully saturated rings. The minimum atomic E-state index is 0.538. The van der Waals surface area contributed by atoms with Gasteiger partial charge in [-0.15, -0.1) is 10.2 Å². The molecule has 27 heavy (non-hydrogen) atoms. The van der Waals surface area contributed by atoms with Crippen molar-refractivity contribution in [2.45, 2.75) is 44.1 Å². The van der Waals surface area contributed by atoms with Crippen LogP contribution in [0, 0.1) is 5.41 Å². The van der Waals surface area contributed by atoms with Gasteiger partial charge in [-0.25, -0.2) is 0 Å². The zero-order valence-electron chi connectivity index (χ0n) is 16.0. The Bertz CT molecular complexity index is 766. The number of likely N-dealkylation sites (tertiary alicyclic amines) is 1. The van der Waals surface area contributed by atoms with E-state index in [9.17, 15) is 0 Å².